The van der Waals surface area contributed by atoms with E-state index in [-0.39, 0.29) is 11.8 Å². The van der Waals surface area contributed by atoms with Gasteiger partial charge in [-0.15, -0.1) is 0 Å². The van der Waals surface area contributed by atoms with Crippen LogP contribution in [0.1, 0.15) is 51.4 Å². The molecule has 0 aromatic heterocycles. The summed E-state index contributed by atoms with van der Waals surface area (Å²) in [5.74, 6) is -0.330. The maximum atomic E-state index is 11.3. The van der Waals surface area contributed by atoms with Gasteiger partial charge in [-0.3, -0.25) is 14.5 Å². The second-order valence-electron chi connectivity index (χ2n) is 4.78. The molecule has 4 heteroatoms. The van der Waals surface area contributed by atoms with Crippen molar-refractivity contribution in [1.29, 1.82) is 0 Å². The quantitative estimate of drug-likeness (QED) is 0.478. The SMILES string of the molecule is NCCCCCCCCCCN1C(=O)C=CC1=O. The number of rotatable bonds is 10. The average molecular weight is 252 g/mol. The number of imide groups is 1. The smallest absolute Gasteiger partial charge is 0.253 e. The van der Waals surface area contributed by atoms with E-state index in [0.29, 0.717) is 6.54 Å². The van der Waals surface area contributed by atoms with Crippen LogP contribution in [0.5, 0.6) is 0 Å². The Morgan fingerprint density at radius 2 is 1.22 bits per heavy atom. The third-order valence-corrected chi connectivity index (χ3v) is 3.24. The molecule has 0 aromatic carbocycles. The highest BCUT2D eigenvalue weighted by Gasteiger charge is 2.21. The Hall–Kier alpha value is -1.16. The molecule has 0 fully saturated rings. The van der Waals surface area contributed by atoms with Gasteiger partial charge in [-0.1, -0.05) is 38.5 Å². The molecule has 0 aromatic rings. The third kappa shape index (κ3) is 5.45. The molecular formula is C14H24N2O2. The normalized spacial score (nSPS) is 14.8. The highest BCUT2D eigenvalue weighted by molar-refractivity contribution is 6.12. The predicted octanol–water partition coefficient (Wildman–Crippen LogP) is 1.99. The zero-order valence-electron chi connectivity index (χ0n) is 11.1. The van der Waals surface area contributed by atoms with Gasteiger partial charge >= 0.3 is 0 Å². The van der Waals surface area contributed by atoms with Crippen LogP contribution in [0, 0.1) is 0 Å². The van der Waals surface area contributed by atoms with Crippen molar-refractivity contribution in [2.45, 2.75) is 51.4 Å². The summed E-state index contributed by atoms with van der Waals surface area (Å²) in [5.41, 5.74) is 5.43. The van der Waals surface area contributed by atoms with Crippen LogP contribution in [0.3, 0.4) is 0 Å². The number of hydrogen-bond donors (Lipinski definition) is 1. The first-order valence-electron chi connectivity index (χ1n) is 6.99. The highest BCUT2D eigenvalue weighted by Crippen LogP contribution is 2.10. The molecule has 102 valence electrons. The summed E-state index contributed by atoms with van der Waals surface area (Å²) in [5, 5.41) is 0. The monoisotopic (exact) mass is 252 g/mol. The van der Waals surface area contributed by atoms with Gasteiger partial charge in [-0.2, -0.15) is 0 Å². The van der Waals surface area contributed by atoms with Gasteiger partial charge in [-0.05, 0) is 19.4 Å². The minimum absolute atomic E-state index is 0.165. The lowest BCUT2D eigenvalue weighted by Crippen LogP contribution is -2.30. The van der Waals surface area contributed by atoms with E-state index in [9.17, 15) is 9.59 Å². The molecule has 0 saturated heterocycles. The van der Waals surface area contributed by atoms with Gasteiger partial charge in [0, 0.05) is 18.7 Å². The average Bonchev–Trinajstić information content (AvgIpc) is 2.68. The molecule has 0 aliphatic carbocycles. The summed E-state index contributed by atoms with van der Waals surface area (Å²) in [7, 11) is 0. The van der Waals surface area contributed by atoms with E-state index in [1.807, 2.05) is 0 Å². The molecule has 1 aliphatic rings. The van der Waals surface area contributed by atoms with Gasteiger partial charge in [-0.25, -0.2) is 0 Å². The zero-order valence-corrected chi connectivity index (χ0v) is 11.1. The molecule has 0 bridgehead atoms. The van der Waals surface area contributed by atoms with Crippen molar-refractivity contribution in [3.63, 3.8) is 0 Å². The highest BCUT2D eigenvalue weighted by atomic mass is 16.2. The van der Waals surface area contributed by atoms with Crippen molar-refractivity contribution in [3.8, 4) is 0 Å². The fourth-order valence-electron chi connectivity index (χ4n) is 2.13. The Morgan fingerprint density at radius 3 is 1.72 bits per heavy atom. The number of amides is 2. The van der Waals surface area contributed by atoms with E-state index in [1.54, 1.807) is 0 Å². The lowest BCUT2D eigenvalue weighted by molar-refractivity contribution is -0.136. The van der Waals surface area contributed by atoms with Crippen molar-refractivity contribution >= 4 is 11.8 Å². The fraction of sp³-hybridized carbons (Fsp3) is 0.714. The predicted molar refractivity (Wildman–Crippen MR) is 71.9 cm³/mol. The topological polar surface area (TPSA) is 63.4 Å². The van der Waals surface area contributed by atoms with Crippen LogP contribution in [0.2, 0.25) is 0 Å². The second kappa shape index (κ2) is 8.86. The van der Waals surface area contributed by atoms with Crippen molar-refractivity contribution in [1.82, 2.24) is 4.90 Å². The van der Waals surface area contributed by atoms with Crippen LogP contribution in [0.15, 0.2) is 12.2 Å². The molecule has 1 rings (SSSR count). The van der Waals surface area contributed by atoms with Crippen molar-refractivity contribution in [2.24, 2.45) is 5.73 Å². The van der Waals surface area contributed by atoms with Crippen molar-refractivity contribution in [3.05, 3.63) is 12.2 Å². The molecule has 4 nitrogen and oxygen atoms in total. The van der Waals surface area contributed by atoms with Gasteiger partial charge in [0.2, 0.25) is 0 Å². The van der Waals surface area contributed by atoms with E-state index in [2.05, 4.69) is 0 Å². The Kier molecular flexibility index (Phi) is 7.34. The van der Waals surface area contributed by atoms with Crippen LogP contribution in [0.25, 0.3) is 0 Å². The largest absolute Gasteiger partial charge is 0.330 e. The van der Waals surface area contributed by atoms with E-state index in [4.69, 9.17) is 5.73 Å². The third-order valence-electron chi connectivity index (χ3n) is 3.24. The van der Waals surface area contributed by atoms with Gasteiger partial charge in [0.25, 0.3) is 11.8 Å². The Bertz CT molecular complexity index is 282. The molecule has 1 aliphatic heterocycles. The van der Waals surface area contributed by atoms with Gasteiger partial charge in [0.1, 0.15) is 0 Å². The van der Waals surface area contributed by atoms with E-state index < -0.39 is 0 Å². The Morgan fingerprint density at radius 1 is 0.778 bits per heavy atom. The number of hydrogen-bond acceptors (Lipinski definition) is 3. The van der Waals surface area contributed by atoms with Crippen molar-refractivity contribution < 1.29 is 9.59 Å². The molecule has 1 heterocycles. The standard InChI is InChI=1S/C14H24N2O2/c15-11-7-5-3-1-2-4-6-8-12-16-13(17)9-10-14(16)18/h9-10H,1-8,11-12,15H2. The molecule has 0 saturated carbocycles. The van der Waals surface area contributed by atoms with Crippen LogP contribution >= 0.6 is 0 Å². The summed E-state index contributed by atoms with van der Waals surface area (Å²) in [6, 6.07) is 0. The molecular weight excluding hydrogens is 228 g/mol. The Balaban J connectivity index is 1.90. The number of nitrogens with zero attached hydrogens (tertiary/aromatic N) is 1. The van der Waals surface area contributed by atoms with Crippen molar-refractivity contribution in [2.75, 3.05) is 13.1 Å². The maximum Gasteiger partial charge on any atom is 0.253 e. The van der Waals surface area contributed by atoms with Gasteiger partial charge < -0.3 is 5.73 Å². The van der Waals surface area contributed by atoms with Crippen LogP contribution in [-0.2, 0) is 9.59 Å². The maximum absolute atomic E-state index is 11.3. The molecule has 0 radical (unpaired) electrons. The molecule has 18 heavy (non-hydrogen) atoms. The van der Waals surface area contributed by atoms with Gasteiger partial charge in [0.15, 0.2) is 0 Å². The van der Waals surface area contributed by atoms with E-state index in [1.165, 1.54) is 49.2 Å². The summed E-state index contributed by atoms with van der Waals surface area (Å²) in [4.78, 5) is 23.8. The molecule has 2 N–H and O–H groups in total. The number of carbonyl (C=O) groups is 2. The summed E-state index contributed by atoms with van der Waals surface area (Å²) in [6.45, 7) is 1.36. The molecule has 0 unspecified atom stereocenters. The van der Waals surface area contributed by atoms with Gasteiger partial charge in [0.05, 0.1) is 0 Å². The van der Waals surface area contributed by atoms with Crippen LogP contribution in [-0.4, -0.2) is 29.8 Å². The summed E-state index contributed by atoms with van der Waals surface area (Å²) in [6.07, 6.45) is 12.0. The number of unbranched alkanes of at least 4 members (excludes halogenated alkanes) is 7. The minimum atomic E-state index is -0.165. The molecule has 2 amide bonds. The van der Waals surface area contributed by atoms with E-state index >= 15 is 0 Å². The molecule has 0 atom stereocenters. The first-order chi connectivity index (χ1) is 8.75. The summed E-state index contributed by atoms with van der Waals surface area (Å²) >= 11 is 0. The second-order valence-corrected chi connectivity index (χ2v) is 4.78. The van der Waals surface area contributed by atoms with E-state index in [0.717, 1.165) is 25.8 Å². The summed E-state index contributed by atoms with van der Waals surface area (Å²) < 4.78 is 0. The zero-order chi connectivity index (χ0) is 13.2. The number of nitrogens with two attached hydrogens (primary N) is 1. The fourth-order valence-corrected chi connectivity index (χ4v) is 2.13. The molecule has 0 spiro atoms. The number of carbonyl (C=O) groups excluding carboxylic acids is 2. The first-order valence-corrected chi connectivity index (χ1v) is 6.99. The first kappa shape index (κ1) is 14.9. The lowest BCUT2D eigenvalue weighted by Gasteiger charge is -2.12. The minimum Gasteiger partial charge on any atom is -0.330 e. The van der Waals surface area contributed by atoms with Crippen LogP contribution < -0.4 is 5.73 Å². The van der Waals surface area contributed by atoms with Crippen LogP contribution in [0.4, 0.5) is 0 Å². The Labute approximate surface area is 109 Å². The lowest BCUT2D eigenvalue weighted by atomic mass is 10.1.